The molecule has 0 atom stereocenters. The van der Waals surface area contributed by atoms with Gasteiger partial charge in [0.25, 0.3) is 0 Å². The van der Waals surface area contributed by atoms with Gasteiger partial charge in [-0.1, -0.05) is 55.1 Å². The molecule has 0 heterocycles. The minimum absolute atomic E-state index is 0.0183. The van der Waals surface area contributed by atoms with E-state index in [0.717, 1.165) is 47.7 Å². The van der Waals surface area contributed by atoms with Gasteiger partial charge in [-0.25, -0.2) is 0 Å². The van der Waals surface area contributed by atoms with Crippen molar-refractivity contribution >= 4 is 45.7 Å². The van der Waals surface area contributed by atoms with Crippen molar-refractivity contribution in [3.05, 3.63) is 124 Å². The second-order valence-electron chi connectivity index (χ2n) is 13.3. The van der Waals surface area contributed by atoms with E-state index >= 15 is 0 Å². The van der Waals surface area contributed by atoms with Gasteiger partial charge in [-0.05, 0) is 63.6 Å². The Morgan fingerprint density at radius 2 is 0.824 bits per heavy atom. The van der Waals surface area contributed by atoms with Crippen molar-refractivity contribution < 1.29 is 19.1 Å². The highest BCUT2D eigenvalue weighted by Crippen LogP contribution is 2.41. The number of carbonyl (C=O) groups excluding carboxylic acids is 3. The molecule has 10 heteroatoms. The third kappa shape index (κ3) is 7.44. The average molecular weight is 687 g/mol. The zero-order valence-electron chi connectivity index (χ0n) is 29.8. The normalized spacial score (nSPS) is 13.1. The molecule has 10 nitrogen and oxygen atoms in total. The SMILES string of the molecule is C=C1c2cccc(NCCN(C)C)c2C(=O)c2cccc(NCCOCCNc3cccc4c3C(=O)c3cccc(NCCN(C)C)c3C4=O)c21. The number of ether oxygens (including phenoxy) is 1. The number of anilines is 4. The Bertz CT molecular complexity index is 1840. The molecule has 0 bridgehead atoms. The zero-order valence-corrected chi connectivity index (χ0v) is 29.8. The fourth-order valence-corrected chi connectivity index (χ4v) is 6.66. The van der Waals surface area contributed by atoms with Gasteiger partial charge in [0.15, 0.2) is 17.3 Å². The van der Waals surface area contributed by atoms with Gasteiger partial charge in [-0.15, -0.1) is 0 Å². The number of likely N-dealkylation sites (N-methyl/N-ethyl adjacent to an activating group) is 2. The van der Waals surface area contributed by atoms with Gasteiger partial charge in [0.05, 0.1) is 29.9 Å². The number of carbonyl (C=O) groups is 3. The highest BCUT2D eigenvalue weighted by Gasteiger charge is 2.34. The molecule has 0 radical (unpaired) electrons. The molecule has 0 aromatic heterocycles. The average Bonchev–Trinajstić information content (AvgIpc) is 3.11. The lowest BCUT2D eigenvalue weighted by Gasteiger charge is -2.26. The summed E-state index contributed by atoms with van der Waals surface area (Å²) < 4.78 is 5.92. The molecule has 4 aromatic rings. The molecule has 0 saturated heterocycles. The van der Waals surface area contributed by atoms with Crippen molar-refractivity contribution in [2.45, 2.75) is 0 Å². The van der Waals surface area contributed by atoms with Crippen LogP contribution in [0.1, 0.15) is 58.9 Å². The monoisotopic (exact) mass is 686 g/mol. The molecule has 0 saturated carbocycles. The summed E-state index contributed by atoms with van der Waals surface area (Å²) in [6.07, 6.45) is 0. The van der Waals surface area contributed by atoms with Crippen molar-refractivity contribution in [1.29, 1.82) is 0 Å². The van der Waals surface area contributed by atoms with Crippen LogP contribution in [0.3, 0.4) is 0 Å². The first-order valence-corrected chi connectivity index (χ1v) is 17.4. The van der Waals surface area contributed by atoms with E-state index in [1.807, 2.05) is 82.8 Å². The van der Waals surface area contributed by atoms with E-state index < -0.39 is 0 Å². The number of rotatable bonds is 16. The van der Waals surface area contributed by atoms with Crippen molar-refractivity contribution in [2.75, 3.05) is 102 Å². The van der Waals surface area contributed by atoms with Gasteiger partial charge in [0.2, 0.25) is 0 Å². The van der Waals surface area contributed by atoms with Crippen LogP contribution in [0.5, 0.6) is 0 Å². The first-order valence-electron chi connectivity index (χ1n) is 17.4. The quantitative estimate of drug-likeness (QED) is 0.0966. The lowest BCUT2D eigenvalue weighted by atomic mass is 9.80. The lowest BCUT2D eigenvalue weighted by Crippen LogP contribution is -2.26. The number of nitrogens with zero attached hydrogens (tertiary/aromatic N) is 2. The van der Waals surface area contributed by atoms with E-state index in [1.54, 1.807) is 18.2 Å². The highest BCUT2D eigenvalue weighted by molar-refractivity contribution is 6.31. The first kappa shape index (κ1) is 35.5. The molecule has 0 spiro atoms. The summed E-state index contributed by atoms with van der Waals surface area (Å²) in [7, 11) is 8.02. The summed E-state index contributed by atoms with van der Waals surface area (Å²) in [5, 5.41) is 13.5. The van der Waals surface area contributed by atoms with E-state index in [0.29, 0.717) is 77.6 Å². The Morgan fingerprint density at radius 3 is 1.24 bits per heavy atom. The number of nitrogens with one attached hydrogen (secondary N) is 4. The maximum absolute atomic E-state index is 13.8. The van der Waals surface area contributed by atoms with Crippen LogP contribution in [0.15, 0.2) is 79.4 Å². The number of hydrogen-bond acceptors (Lipinski definition) is 10. The molecular formula is C41H46N6O4. The van der Waals surface area contributed by atoms with E-state index in [4.69, 9.17) is 4.74 Å². The molecule has 0 fully saturated rings. The molecule has 2 aliphatic rings. The first-order chi connectivity index (χ1) is 24.7. The largest absolute Gasteiger partial charge is 0.383 e. The van der Waals surface area contributed by atoms with Crippen LogP contribution in [0.4, 0.5) is 22.7 Å². The fourth-order valence-electron chi connectivity index (χ4n) is 6.66. The van der Waals surface area contributed by atoms with Gasteiger partial charge < -0.3 is 35.8 Å². The van der Waals surface area contributed by atoms with Crippen LogP contribution in [-0.2, 0) is 4.74 Å². The Hall–Kier alpha value is -5.29. The second kappa shape index (κ2) is 15.7. The standard InChI is InChI=1S/C41H46N6O4/c1-26-27-10-6-15-32(42-18-22-46(2)3)36(27)39(48)28-11-7-14-31(35(26)28)44-20-24-51-25-21-45-34-17-9-13-30-38(34)41(50)29-12-8-16-33(37(29)40(30)49)43-19-23-47(4)5/h6-17,42-45H,1,18-25H2,2-5H3. The van der Waals surface area contributed by atoms with Crippen LogP contribution in [0, 0.1) is 0 Å². The van der Waals surface area contributed by atoms with Crippen LogP contribution in [0.25, 0.3) is 5.57 Å². The van der Waals surface area contributed by atoms with Crippen LogP contribution in [0.2, 0.25) is 0 Å². The minimum atomic E-state index is -0.172. The molecule has 51 heavy (non-hydrogen) atoms. The van der Waals surface area contributed by atoms with Crippen LogP contribution < -0.4 is 21.3 Å². The maximum Gasteiger partial charge on any atom is 0.196 e. The molecule has 4 N–H and O–H groups in total. The maximum atomic E-state index is 13.8. The van der Waals surface area contributed by atoms with Gasteiger partial charge in [0.1, 0.15) is 0 Å². The molecule has 2 aliphatic carbocycles. The number of ketones is 3. The van der Waals surface area contributed by atoms with Crippen molar-refractivity contribution in [3.63, 3.8) is 0 Å². The summed E-state index contributed by atoms with van der Waals surface area (Å²) in [5.41, 5.74) is 8.31. The van der Waals surface area contributed by atoms with Gasteiger partial charge >= 0.3 is 0 Å². The van der Waals surface area contributed by atoms with E-state index in [2.05, 4.69) is 37.6 Å². The number of hydrogen-bond donors (Lipinski definition) is 4. The topological polar surface area (TPSA) is 115 Å². The second-order valence-corrected chi connectivity index (χ2v) is 13.3. The van der Waals surface area contributed by atoms with Crippen molar-refractivity contribution in [1.82, 2.24) is 9.80 Å². The summed E-state index contributed by atoms with van der Waals surface area (Å²) in [6.45, 7) is 9.20. The summed E-state index contributed by atoms with van der Waals surface area (Å²) >= 11 is 0. The third-order valence-electron chi connectivity index (χ3n) is 9.17. The lowest BCUT2D eigenvalue weighted by molar-refractivity contribution is 0.0980. The summed E-state index contributed by atoms with van der Waals surface area (Å²) in [5.74, 6) is -0.350. The van der Waals surface area contributed by atoms with E-state index in [9.17, 15) is 14.4 Å². The molecule has 6 rings (SSSR count). The van der Waals surface area contributed by atoms with E-state index in [1.165, 1.54) is 0 Å². The third-order valence-corrected chi connectivity index (χ3v) is 9.17. The smallest absolute Gasteiger partial charge is 0.196 e. The van der Waals surface area contributed by atoms with Crippen LogP contribution >= 0.6 is 0 Å². The zero-order chi connectivity index (χ0) is 36.1. The Kier molecular flexibility index (Phi) is 11.0. The van der Waals surface area contributed by atoms with Crippen molar-refractivity contribution in [2.24, 2.45) is 0 Å². The van der Waals surface area contributed by atoms with E-state index in [-0.39, 0.29) is 17.3 Å². The summed E-state index contributed by atoms with van der Waals surface area (Å²) in [4.78, 5) is 45.3. The Morgan fingerprint density at radius 1 is 0.490 bits per heavy atom. The number of fused-ring (bicyclic) bond motifs is 4. The Balaban J connectivity index is 1.04. The molecule has 0 aliphatic heterocycles. The molecule has 0 unspecified atom stereocenters. The molecule has 4 aromatic carbocycles. The minimum Gasteiger partial charge on any atom is -0.383 e. The molecule has 264 valence electrons. The fraction of sp³-hybridized carbons (Fsp3) is 0.293. The Labute approximate surface area is 299 Å². The van der Waals surface area contributed by atoms with Crippen LogP contribution in [-0.4, -0.2) is 108 Å². The summed E-state index contributed by atoms with van der Waals surface area (Å²) in [6, 6.07) is 22.3. The van der Waals surface area contributed by atoms with Gasteiger partial charge in [-0.3, -0.25) is 14.4 Å². The van der Waals surface area contributed by atoms with Gasteiger partial charge in [-0.2, -0.15) is 0 Å². The molecular weight excluding hydrogens is 640 g/mol. The highest BCUT2D eigenvalue weighted by atomic mass is 16.5. The number of benzene rings is 4. The van der Waals surface area contributed by atoms with Gasteiger partial charge in [0, 0.05) is 84.3 Å². The predicted molar refractivity (Wildman–Crippen MR) is 206 cm³/mol. The predicted octanol–water partition coefficient (Wildman–Crippen LogP) is 5.56. The van der Waals surface area contributed by atoms with Crippen molar-refractivity contribution in [3.8, 4) is 0 Å². The molecule has 0 amide bonds.